The summed E-state index contributed by atoms with van der Waals surface area (Å²) < 4.78 is 13.2. The molecule has 3 nitrogen and oxygen atoms in total. The van der Waals surface area contributed by atoms with Crippen LogP contribution in [0.1, 0.15) is 0 Å². The molecule has 0 aromatic carbocycles. The summed E-state index contributed by atoms with van der Waals surface area (Å²) >= 11 is 4.04. The van der Waals surface area contributed by atoms with Crippen LogP contribution in [0.4, 0.5) is 0 Å². The molecular weight excluding hydrogens is 124 g/mol. The van der Waals surface area contributed by atoms with E-state index in [0.29, 0.717) is 0 Å². The van der Waals surface area contributed by atoms with Gasteiger partial charge in [0.05, 0.1) is 0 Å². The van der Waals surface area contributed by atoms with E-state index in [4.69, 9.17) is 5.26 Å². The quantitative estimate of drug-likeness (QED) is 0.391. The predicted molar refractivity (Wildman–Crippen MR) is 25.1 cm³/mol. The molecule has 0 aliphatic heterocycles. The smallest absolute Gasteiger partial charge is 0.170 e. The molecule has 0 aromatic heterocycles. The van der Waals surface area contributed by atoms with Crippen molar-refractivity contribution in [1.29, 1.82) is 0 Å². The third-order valence-corrected chi connectivity index (χ3v) is 0.589. The average Bonchev–Trinajstić information content (AvgIpc) is 1.35. The van der Waals surface area contributed by atoms with Crippen LogP contribution in [0.2, 0.25) is 0 Å². The monoisotopic (exact) mass is 128 g/mol. The average molecular weight is 128 g/mol. The van der Waals surface area contributed by atoms with Gasteiger partial charge in [-0.1, -0.05) is 0 Å². The number of hydrogen-bond donors (Lipinski definition) is 1. The molecule has 0 heterocycles. The summed E-state index contributed by atoms with van der Waals surface area (Å²) in [6.07, 6.45) is 1.11. The van der Waals surface area contributed by atoms with Crippen molar-refractivity contribution < 1.29 is 13.8 Å². The Morgan fingerprint density at radius 3 is 2.17 bits per heavy atom. The van der Waals surface area contributed by atoms with Gasteiger partial charge in [0.15, 0.2) is 8.77 Å². The minimum absolute atomic E-state index is 1.11. The number of hydrogen-bond acceptors (Lipinski definition) is 4. The minimum atomic E-state index is -2.77. The van der Waals surface area contributed by atoms with Gasteiger partial charge in [-0.15, -0.1) is 4.33 Å². The minimum Gasteiger partial charge on any atom is -0.237 e. The summed E-state index contributed by atoms with van der Waals surface area (Å²) in [6.45, 7) is 0. The Kier molecular flexibility index (Phi) is 1.92. The van der Waals surface area contributed by atoms with Crippen molar-refractivity contribution in [2.24, 2.45) is 0 Å². The van der Waals surface area contributed by atoms with E-state index < -0.39 is 8.77 Å². The van der Waals surface area contributed by atoms with E-state index in [9.17, 15) is 4.21 Å². The lowest BCUT2D eigenvalue weighted by atomic mass is 12.0. The fourth-order valence-electron chi connectivity index (χ4n) is 0. The molecule has 0 aromatic rings. The molecule has 1 N–H and O–H groups in total. The van der Waals surface area contributed by atoms with E-state index in [-0.39, 0.29) is 0 Å². The van der Waals surface area contributed by atoms with E-state index in [2.05, 4.69) is 15.5 Å². The zero-order valence-corrected chi connectivity index (χ0v) is 4.71. The lowest BCUT2D eigenvalue weighted by Crippen LogP contribution is -1.94. The van der Waals surface area contributed by atoms with Crippen molar-refractivity contribution in [2.45, 2.75) is 0 Å². The van der Waals surface area contributed by atoms with E-state index >= 15 is 0 Å². The van der Waals surface area contributed by atoms with Crippen LogP contribution >= 0.6 is 0 Å². The Hall–Kier alpha value is 0.290. The molecule has 0 aliphatic rings. The maximum atomic E-state index is 9.90. The first-order chi connectivity index (χ1) is 2.56. The lowest BCUT2D eigenvalue weighted by Gasteiger charge is -1.85. The van der Waals surface area contributed by atoms with Crippen molar-refractivity contribution >= 4 is 20.0 Å². The SMILES string of the molecule is CS(=O)(=S)OO. The molecule has 0 saturated heterocycles. The Bertz CT molecular complexity index is 111. The second kappa shape index (κ2) is 1.83. The zero-order chi connectivity index (χ0) is 5.21. The van der Waals surface area contributed by atoms with Crippen molar-refractivity contribution in [1.82, 2.24) is 0 Å². The Balaban J connectivity index is 3.85. The summed E-state index contributed by atoms with van der Waals surface area (Å²) in [6, 6.07) is 0. The van der Waals surface area contributed by atoms with Gasteiger partial charge in [-0.25, -0.2) is 9.47 Å². The highest BCUT2D eigenvalue weighted by Crippen LogP contribution is 1.77. The molecule has 38 valence electrons. The normalized spacial score (nSPS) is 19.7. The molecule has 0 saturated carbocycles. The Labute approximate surface area is 40.7 Å². The predicted octanol–water partition coefficient (Wildman–Crippen LogP) is -0.233. The van der Waals surface area contributed by atoms with E-state index in [1.165, 1.54) is 0 Å². The summed E-state index contributed by atoms with van der Waals surface area (Å²) in [5.74, 6) is 0. The maximum absolute atomic E-state index is 9.90. The molecule has 0 fully saturated rings. The first-order valence-electron chi connectivity index (χ1n) is 1.09. The van der Waals surface area contributed by atoms with Crippen LogP contribution in [0.25, 0.3) is 0 Å². The fourth-order valence-corrected chi connectivity index (χ4v) is 0. The highest BCUT2D eigenvalue weighted by atomic mass is 32.8. The highest BCUT2D eigenvalue weighted by molar-refractivity contribution is 8.29. The van der Waals surface area contributed by atoms with Crippen LogP contribution in [0.15, 0.2) is 0 Å². The van der Waals surface area contributed by atoms with Crippen LogP contribution in [-0.4, -0.2) is 15.7 Å². The van der Waals surface area contributed by atoms with Gasteiger partial charge in [0.2, 0.25) is 0 Å². The van der Waals surface area contributed by atoms with E-state index in [1.807, 2.05) is 0 Å². The topological polar surface area (TPSA) is 46.5 Å². The van der Waals surface area contributed by atoms with Gasteiger partial charge in [-0.05, 0) is 0 Å². The van der Waals surface area contributed by atoms with Crippen LogP contribution in [-0.2, 0) is 24.3 Å². The fraction of sp³-hybridized carbons (Fsp3) is 1.00. The van der Waals surface area contributed by atoms with E-state index in [1.54, 1.807) is 0 Å². The molecular formula is CH4O3S2. The first kappa shape index (κ1) is 6.29. The first-order valence-corrected chi connectivity index (χ1v) is 3.91. The summed E-state index contributed by atoms with van der Waals surface area (Å²) in [5, 5.41) is 7.52. The Morgan fingerprint density at radius 1 is 2.00 bits per heavy atom. The van der Waals surface area contributed by atoms with Crippen molar-refractivity contribution in [3.05, 3.63) is 0 Å². The molecule has 6 heavy (non-hydrogen) atoms. The van der Waals surface area contributed by atoms with Gasteiger partial charge >= 0.3 is 0 Å². The number of rotatable bonds is 1. The van der Waals surface area contributed by atoms with Gasteiger partial charge < -0.3 is 0 Å². The zero-order valence-electron chi connectivity index (χ0n) is 3.08. The molecule has 5 heteroatoms. The summed E-state index contributed by atoms with van der Waals surface area (Å²) in [4.78, 5) is 0. The third-order valence-electron chi connectivity index (χ3n) is 0.135. The van der Waals surface area contributed by atoms with Crippen LogP contribution in [0, 0.1) is 0 Å². The second-order valence-corrected chi connectivity index (χ2v) is 4.15. The van der Waals surface area contributed by atoms with Crippen molar-refractivity contribution in [3.63, 3.8) is 0 Å². The van der Waals surface area contributed by atoms with Crippen LogP contribution in [0.3, 0.4) is 0 Å². The molecule has 1 unspecified atom stereocenters. The molecule has 0 aliphatic carbocycles. The lowest BCUT2D eigenvalue weighted by molar-refractivity contribution is -0.124. The molecule has 0 bridgehead atoms. The highest BCUT2D eigenvalue weighted by Gasteiger charge is 1.88. The largest absolute Gasteiger partial charge is 0.237 e. The van der Waals surface area contributed by atoms with E-state index in [0.717, 1.165) is 6.26 Å². The van der Waals surface area contributed by atoms with Crippen molar-refractivity contribution in [2.75, 3.05) is 6.26 Å². The van der Waals surface area contributed by atoms with Gasteiger partial charge in [0.1, 0.15) is 0 Å². The molecule has 0 amide bonds. The van der Waals surface area contributed by atoms with Gasteiger partial charge in [-0.2, -0.15) is 0 Å². The standard InChI is InChI=1S/CH4O3S2/c1-6(3,5)4-2/h2H,1H3. The van der Waals surface area contributed by atoms with Gasteiger partial charge in [0, 0.05) is 17.4 Å². The summed E-state index contributed by atoms with van der Waals surface area (Å²) in [7, 11) is -2.77. The third kappa shape index (κ3) is 4.29. The van der Waals surface area contributed by atoms with Crippen LogP contribution < -0.4 is 0 Å². The van der Waals surface area contributed by atoms with Gasteiger partial charge in [0.25, 0.3) is 0 Å². The summed E-state index contributed by atoms with van der Waals surface area (Å²) in [5.41, 5.74) is 0. The van der Waals surface area contributed by atoms with Crippen LogP contribution in [0.5, 0.6) is 0 Å². The Morgan fingerprint density at radius 2 is 2.17 bits per heavy atom. The van der Waals surface area contributed by atoms with Crippen molar-refractivity contribution in [3.8, 4) is 0 Å². The maximum Gasteiger partial charge on any atom is 0.170 e. The molecule has 0 spiro atoms. The molecule has 0 rings (SSSR count). The van der Waals surface area contributed by atoms with Gasteiger partial charge in [-0.3, -0.25) is 0 Å². The molecule has 1 atom stereocenters. The molecule has 0 radical (unpaired) electrons. The second-order valence-electron chi connectivity index (χ2n) is 0.779.